The molecule has 1 aromatic heterocycles. The van der Waals surface area contributed by atoms with E-state index in [9.17, 15) is 4.79 Å². The Morgan fingerprint density at radius 1 is 1.64 bits per heavy atom. The van der Waals surface area contributed by atoms with Crippen molar-refractivity contribution < 1.29 is 9.90 Å². The first-order chi connectivity index (χ1) is 6.83. The van der Waals surface area contributed by atoms with Gasteiger partial charge in [0.1, 0.15) is 0 Å². The van der Waals surface area contributed by atoms with Crippen LogP contribution in [0.15, 0.2) is 17.5 Å². The summed E-state index contributed by atoms with van der Waals surface area (Å²) < 4.78 is 0. The van der Waals surface area contributed by atoms with E-state index in [1.54, 1.807) is 11.3 Å². The molecule has 3 nitrogen and oxygen atoms in total. The fraction of sp³-hybridized carbons (Fsp3) is 0.444. The zero-order valence-electron chi connectivity index (χ0n) is 7.73. The number of thioether (sulfide) groups is 1. The molecule has 0 fully saturated rings. The maximum Gasteiger partial charge on any atom is 0.230 e. The summed E-state index contributed by atoms with van der Waals surface area (Å²) in [7, 11) is 0. The third-order valence-corrected chi connectivity index (χ3v) is 3.32. The van der Waals surface area contributed by atoms with Gasteiger partial charge in [0.2, 0.25) is 5.91 Å². The van der Waals surface area contributed by atoms with Crippen molar-refractivity contribution in [2.75, 3.05) is 18.1 Å². The van der Waals surface area contributed by atoms with Crippen LogP contribution < -0.4 is 5.32 Å². The lowest BCUT2D eigenvalue weighted by Crippen LogP contribution is -2.24. The third-order valence-electron chi connectivity index (χ3n) is 1.51. The fourth-order valence-electron chi connectivity index (χ4n) is 0.879. The second-order valence-corrected chi connectivity index (χ2v) is 4.77. The molecule has 0 radical (unpaired) electrons. The predicted octanol–water partition coefficient (Wildman–Crippen LogP) is 1.09. The fourth-order valence-corrected chi connectivity index (χ4v) is 2.08. The minimum absolute atomic E-state index is 0.0249. The largest absolute Gasteiger partial charge is 0.396 e. The first-order valence-electron chi connectivity index (χ1n) is 4.30. The molecule has 0 saturated carbocycles. The molecule has 14 heavy (non-hydrogen) atoms. The minimum atomic E-state index is 0.0249. The summed E-state index contributed by atoms with van der Waals surface area (Å²) in [6, 6.07) is 3.96. The molecule has 2 N–H and O–H groups in total. The lowest BCUT2D eigenvalue weighted by Gasteiger charge is -2.02. The lowest BCUT2D eigenvalue weighted by atomic mass is 10.4. The van der Waals surface area contributed by atoms with E-state index in [2.05, 4.69) is 5.32 Å². The van der Waals surface area contributed by atoms with Crippen LogP contribution in [0.2, 0.25) is 0 Å². The Hall–Kier alpha value is -0.520. The lowest BCUT2D eigenvalue weighted by molar-refractivity contribution is -0.118. The highest BCUT2D eigenvalue weighted by Gasteiger charge is 2.01. The molecule has 1 heterocycles. The van der Waals surface area contributed by atoms with Gasteiger partial charge in [-0.05, 0) is 11.4 Å². The van der Waals surface area contributed by atoms with Crippen LogP contribution >= 0.6 is 23.1 Å². The highest BCUT2D eigenvalue weighted by Crippen LogP contribution is 2.07. The molecule has 1 aromatic rings. The molecule has 1 amide bonds. The van der Waals surface area contributed by atoms with Crippen LogP contribution in [0.1, 0.15) is 4.88 Å². The first-order valence-corrected chi connectivity index (χ1v) is 6.34. The van der Waals surface area contributed by atoms with Crippen LogP contribution in [-0.2, 0) is 11.3 Å². The molecule has 78 valence electrons. The molecule has 0 aliphatic rings. The van der Waals surface area contributed by atoms with Crippen molar-refractivity contribution >= 4 is 29.0 Å². The molecule has 0 atom stereocenters. The van der Waals surface area contributed by atoms with Gasteiger partial charge >= 0.3 is 0 Å². The van der Waals surface area contributed by atoms with Gasteiger partial charge in [-0.25, -0.2) is 0 Å². The Labute approximate surface area is 91.5 Å². The zero-order chi connectivity index (χ0) is 10.2. The average Bonchev–Trinajstić information content (AvgIpc) is 2.68. The van der Waals surface area contributed by atoms with Crippen LogP contribution in [0.25, 0.3) is 0 Å². The minimum Gasteiger partial charge on any atom is -0.396 e. The van der Waals surface area contributed by atoms with E-state index >= 15 is 0 Å². The second kappa shape index (κ2) is 6.86. The Kier molecular flexibility index (Phi) is 5.66. The molecule has 0 aliphatic carbocycles. The van der Waals surface area contributed by atoms with Gasteiger partial charge < -0.3 is 10.4 Å². The number of aliphatic hydroxyl groups is 1. The molecule has 0 spiro atoms. The molecule has 0 aliphatic heterocycles. The zero-order valence-corrected chi connectivity index (χ0v) is 9.37. The Morgan fingerprint density at radius 2 is 2.50 bits per heavy atom. The molecule has 1 rings (SSSR count). The average molecular weight is 231 g/mol. The van der Waals surface area contributed by atoms with Crippen LogP contribution in [0.4, 0.5) is 0 Å². The summed E-state index contributed by atoms with van der Waals surface area (Å²) in [5, 5.41) is 13.3. The van der Waals surface area contributed by atoms with Crippen LogP contribution in [0.3, 0.4) is 0 Å². The van der Waals surface area contributed by atoms with Gasteiger partial charge in [-0.3, -0.25) is 4.79 Å². The molecular weight excluding hydrogens is 218 g/mol. The van der Waals surface area contributed by atoms with Crippen molar-refractivity contribution in [3.8, 4) is 0 Å². The standard InChI is InChI=1S/C9H13NO2S2/c11-3-5-13-7-9(12)10-6-8-2-1-4-14-8/h1-2,4,11H,3,5-7H2,(H,10,12). The van der Waals surface area contributed by atoms with Crippen LogP contribution in [0.5, 0.6) is 0 Å². The number of aliphatic hydroxyl groups excluding tert-OH is 1. The van der Waals surface area contributed by atoms with Gasteiger partial charge in [0.15, 0.2) is 0 Å². The van der Waals surface area contributed by atoms with Crippen LogP contribution in [-0.4, -0.2) is 29.1 Å². The molecule has 0 saturated heterocycles. The van der Waals surface area contributed by atoms with Crippen molar-refractivity contribution in [3.63, 3.8) is 0 Å². The number of hydrogen-bond acceptors (Lipinski definition) is 4. The third kappa shape index (κ3) is 4.64. The summed E-state index contributed by atoms with van der Waals surface area (Å²) in [5.41, 5.74) is 0. The topological polar surface area (TPSA) is 49.3 Å². The summed E-state index contributed by atoms with van der Waals surface area (Å²) in [6.07, 6.45) is 0. The van der Waals surface area contributed by atoms with E-state index in [1.807, 2.05) is 17.5 Å². The van der Waals surface area contributed by atoms with Gasteiger partial charge in [-0.2, -0.15) is 0 Å². The second-order valence-electron chi connectivity index (χ2n) is 2.63. The van der Waals surface area contributed by atoms with Gasteiger partial charge in [0.25, 0.3) is 0 Å². The number of carbonyl (C=O) groups excluding carboxylic acids is 1. The van der Waals surface area contributed by atoms with E-state index in [-0.39, 0.29) is 12.5 Å². The maximum atomic E-state index is 11.2. The quantitative estimate of drug-likeness (QED) is 0.721. The molecule has 0 aromatic carbocycles. The molecule has 5 heteroatoms. The van der Waals surface area contributed by atoms with E-state index in [0.717, 1.165) is 4.88 Å². The maximum absolute atomic E-state index is 11.2. The number of amides is 1. The number of rotatable bonds is 6. The SMILES string of the molecule is O=C(CSCCO)NCc1cccs1. The van der Waals surface area contributed by atoms with Crippen molar-refractivity contribution in [2.24, 2.45) is 0 Å². The van der Waals surface area contributed by atoms with Crippen molar-refractivity contribution in [2.45, 2.75) is 6.54 Å². The number of hydrogen-bond donors (Lipinski definition) is 2. The normalized spacial score (nSPS) is 10.1. The Bertz CT molecular complexity index is 262. The number of thiophene rings is 1. The number of carbonyl (C=O) groups is 1. The summed E-state index contributed by atoms with van der Waals surface area (Å²) in [5.74, 6) is 1.06. The van der Waals surface area contributed by atoms with E-state index < -0.39 is 0 Å². The highest BCUT2D eigenvalue weighted by atomic mass is 32.2. The highest BCUT2D eigenvalue weighted by molar-refractivity contribution is 7.99. The summed E-state index contributed by atoms with van der Waals surface area (Å²) in [6.45, 7) is 0.735. The van der Waals surface area contributed by atoms with Gasteiger partial charge in [0.05, 0.1) is 18.9 Å². The Balaban J connectivity index is 2.09. The first kappa shape index (κ1) is 11.6. The van der Waals surface area contributed by atoms with Gasteiger partial charge in [-0.1, -0.05) is 6.07 Å². The van der Waals surface area contributed by atoms with E-state index in [1.165, 1.54) is 11.8 Å². The molecule has 0 unspecified atom stereocenters. The van der Waals surface area contributed by atoms with Gasteiger partial charge in [0, 0.05) is 10.6 Å². The van der Waals surface area contributed by atoms with Gasteiger partial charge in [-0.15, -0.1) is 23.1 Å². The van der Waals surface area contributed by atoms with E-state index in [4.69, 9.17) is 5.11 Å². The molecule has 0 bridgehead atoms. The summed E-state index contributed by atoms with van der Waals surface area (Å²) in [4.78, 5) is 12.4. The van der Waals surface area contributed by atoms with Crippen LogP contribution in [0, 0.1) is 0 Å². The van der Waals surface area contributed by atoms with Crippen molar-refractivity contribution in [3.05, 3.63) is 22.4 Å². The smallest absolute Gasteiger partial charge is 0.230 e. The predicted molar refractivity (Wildman–Crippen MR) is 60.6 cm³/mol. The Morgan fingerprint density at radius 3 is 3.14 bits per heavy atom. The van der Waals surface area contributed by atoms with Crippen molar-refractivity contribution in [1.29, 1.82) is 0 Å². The number of nitrogens with one attached hydrogen (secondary N) is 1. The molecular formula is C9H13NO2S2. The monoisotopic (exact) mass is 231 g/mol. The summed E-state index contributed by atoms with van der Waals surface area (Å²) >= 11 is 3.07. The van der Waals surface area contributed by atoms with Crippen molar-refractivity contribution in [1.82, 2.24) is 5.32 Å². The van der Waals surface area contributed by atoms with E-state index in [0.29, 0.717) is 18.1 Å².